The average molecular weight is 405 g/mol. The first kappa shape index (κ1) is 20.1. The first-order valence-corrected chi connectivity index (χ1v) is 10.7. The van der Waals surface area contributed by atoms with E-state index in [1.807, 2.05) is 28.9 Å². The van der Waals surface area contributed by atoms with Crippen LogP contribution in [0, 0.1) is 0 Å². The van der Waals surface area contributed by atoms with Crippen molar-refractivity contribution in [1.82, 2.24) is 14.7 Å². The van der Waals surface area contributed by atoms with Gasteiger partial charge >= 0.3 is 5.97 Å². The van der Waals surface area contributed by atoms with Crippen LogP contribution in [0.15, 0.2) is 48.5 Å². The number of carbonyl (C=O) groups excluding carboxylic acids is 1. The van der Waals surface area contributed by atoms with Crippen LogP contribution in [0.5, 0.6) is 0 Å². The maximum atomic E-state index is 12.8. The number of aliphatic carboxylic acids is 1. The van der Waals surface area contributed by atoms with E-state index in [9.17, 15) is 9.59 Å². The minimum Gasteiger partial charge on any atom is -0.480 e. The fourth-order valence-electron chi connectivity index (χ4n) is 4.45. The van der Waals surface area contributed by atoms with Gasteiger partial charge in [-0.3, -0.25) is 9.59 Å². The monoisotopic (exact) mass is 405 g/mol. The van der Waals surface area contributed by atoms with E-state index in [0.29, 0.717) is 18.0 Å². The smallest absolute Gasteiger partial charge is 0.323 e. The third kappa shape index (κ3) is 3.95. The molecular weight excluding hydrogens is 378 g/mol. The lowest BCUT2D eigenvalue weighted by Gasteiger charge is -2.23. The number of carboxylic acid groups (broad SMARTS) is 1. The molecule has 1 aliphatic carbocycles. The van der Waals surface area contributed by atoms with E-state index in [0.717, 1.165) is 29.4 Å². The third-order valence-corrected chi connectivity index (χ3v) is 5.94. The number of rotatable bonds is 6. The van der Waals surface area contributed by atoms with E-state index in [-0.39, 0.29) is 12.5 Å². The zero-order valence-corrected chi connectivity index (χ0v) is 17.3. The molecule has 0 saturated heterocycles. The van der Waals surface area contributed by atoms with Crippen molar-refractivity contribution in [3.63, 3.8) is 0 Å². The topological polar surface area (TPSA) is 75.4 Å². The number of benzene rings is 2. The molecule has 30 heavy (non-hydrogen) atoms. The van der Waals surface area contributed by atoms with Gasteiger partial charge in [-0.25, -0.2) is 4.68 Å². The lowest BCUT2D eigenvalue weighted by Crippen LogP contribution is -2.35. The van der Waals surface area contributed by atoms with Crippen LogP contribution in [0.4, 0.5) is 0 Å². The standard InChI is InChI=1S/C24H27N3O3/c1-2-26(16-22(28)29)24(30)18-13-14-20-21(15-18)25-27(19-11-7-4-8-12-19)23(20)17-9-5-3-6-10-17/h4,7-8,11-15,17H,2-3,5-6,9-10,16H2,1H3,(H,28,29). The Labute approximate surface area is 176 Å². The summed E-state index contributed by atoms with van der Waals surface area (Å²) >= 11 is 0. The summed E-state index contributed by atoms with van der Waals surface area (Å²) in [6.07, 6.45) is 6.03. The van der Waals surface area contributed by atoms with E-state index in [2.05, 4.69) is 12.1 Å². The molecule has 1 saturated carbocycles. The van der Waals surface area contributed by atoms with Gasteiger partial charge in [-0.05, 0) is 44.0 Å². The number of carbonyl (C=O) groups is 2. The molecule has 156 valence electrons. The Bertz CT molecular complexity index is 1050. The summed E-state index contributed by atoms with van der Waals surface area (Å²) < 4.78 is 2.03. The molecule has 1 N–H and O–H groups in total. The van der Waals surface area contributed by atoms with Crippen LogP contribution in [0.1, 0.15) is 61.0 Å². The largest absolute Gasteiger partial charge is 0.480 e. The molecule has 0 unspecified atom stereocenters. The van der Waals surface area contributed by atoms with Gasteiger partial charge in [0.2, 0.25) is 0 Å². The fourth-order valence-corrected chi connectivity index (χ4v) is 4.45. The number of nitrogens with zero attached hydrogens (tertiary/aromatic N) is 3. The van der Waals surface area contributed by atoms with Crippen LogP contribution in [-0.4, -0.2) is 44.8 Å². The summed E-state index contributed by atoms with van der Waals surface area (Å²) in [4.78, 5) is 25.3. The maximum absolute atomic E-state index is 12.8. The van der Waals surface area contributed by atoms with Crippen molar-refractivity contribution in [2.45, 2.75) is 44.9 Å². The number of fused-ring (bicyclic) bond motifs is 1. The van der Waals surface area contributed by atoms with Crippen molar-refractivity contribution in [2.75, 3.05) is 13.1 Å². The molecule has 1 aromatic heterocycles. The highest BCUT2D eigenvalue weighted by Crippen LogP contribution is 2.38. The van der Waals surface area contributed by atoms with Gasteiger partial charge in [-0.1, -0.05) is 43.5 Å². The van der Waals surface area contributed by atoms with Crippen molar-refractivity contribution in [2.24, 2.45) is 0 Å². The SMILES string of the molecule is CCN(CC(=O)O)C(=O)c1ccc2c(C3CCCCC3)n(-c3ccccc3)nc2c1. The van der Waals surface area contributed by atoms with Gasteiger partial charge in [0.1, 0.15) is 6.54 Å². The number of para-hydroxylation sites is 1. The Morgan fingerprint density at radius 2 is 1.83 bits per heavy atom. The lowest BCUT2D eigenvalue weighted by molar-refractivity contribution is -0.137. The molecule has 6 nitrogen and oxygen atoms in total. The summed E-state index contributed by atoms with van der Waals surface area (Å²) in [6.45, 7) is 1.82. The molecule has 0 aliphatic heterocycles. The molecule has 0 spiro atoms. The van der Waals surface area contributed by atoms with Crippen LogP contribution in [0.3, 0.4) is 0 Å². The van der Waals surface area contributed by atoms with Gasteiger partial charge in [0, 0.05) is 23.4 Å². The number of amides is 1. The molecular formula is C24H27N3O3. The molecule has 0 radical (unpaired) electrons. The van der Waals surface area contributed by atoms with Crippen LogP contribution in [0.2, 0.25) is 0 Å². The fraction of sp³-hybridized carbons (Fsp3) is 0.375. The zero-order chi connectivity index (χ0) is 21.1. The van der Waals surface area contributed by atoms with Crippen LogP contribution < -0.4 is 0 Å². The number of likely N-dealkylation sites (N-methyl/N-ethyl adjacent to an activating group) is 1. The molecule has 1 fully saturated rings. The van der Waals surface area contributed by atoms with Crippen molar-refractivity contribution in [1.29, 1.82) is 0 Å². The predicted molar refractivity (Wildman–Crippen MR) is 116 cm³/mol. The van der Waals surface area contributed by atoms with Crippen LogP contribution >= 0.6 is 0 Å². The zero-order valence-electron chi connectivity index (χ0n) is 17.3. The van der Waals surface area contributed by atoms with Gasteiger partial charge in [0.25, 0.3) is 5.91 Å². The highest BCUT2D eigenvalue weighted by Gasteiger charge is 2.25. The summed E-state index contributed by atoms with van der Waals surface area (Å²) in [5.41, 5.74) is 3.48. The van der Waals surface area contributed by atoms with Crippen molar-refractivity contribution < 1.29 is 14.7 Å². The predicted octanol–water partition coefficient (Wildman–Crippen LogP) is 4.62. The maximum Gasteiger partial charge on any atom is 0.323 e. The number of carboxylic acids is 1. The van der Waals surface area contributed by atoms with Gasteiger partial charge in [0.05, 0.1) is 16.9 Å². The Morgan fingerprint density at radius 1 is 1.10 bits per heavy atom. The lowest BCUT2D eigenvalue weighted by atomic mass is 9.85. The summed E-state index contributed by atoms with van der Waals surface area (Å²) in [5.74, 6) is -0.848. The molecule has 0 bridgehead atoms. The second-order valence-electron chi connectivity index (χ2n) is 7.91. The molecule has 1 aliphatic rings. The minimum atomic E-state index is -1.01. The Morgan fingerprint density at radius 3 is 2.50 bits per heavy atom. The van der Waals surface area contributed by atoms with Crippen molar-refractivity contribution >= 4 is 22.8 Å². The quantitative estimate of drug-likeness (QED) is 0.649. The van der Waals surface area contributed by atoms with Crippen molar-refractivity contribution in [3.8, 4) is 5.69 Å². The number of hydrogen-bond acceptors (Lipinski definition) is 3. The van der Waals surface area contributed by atoms with Gasteiger partial charge in [0.15, 0.2) is 0 Å². The molecule has 0 atom stereocenters. The van der Waals surface area contributed by atoms with Crippen LogP contribution in [0.25, 0.3) is 16.6 Å². The van der Waals surface area contributed by atoms with Gasteiger partial charge < -0.3 is 10.0 Å². The van der Waals surface area contributed by atoms with Gasteiger partial charge in [-0.2, -0.15) is 5.10 Å². The summed E-state index contributed by atoms with van der Waals surface area (Å²) in [5, 5.41) is 15.0. The van der Waals surface area contributed by atoms with Gasteiger partial charge in [-0.15, -0.1) is 0 Å². The number of hydrogen-bond donors (Lipinski definition) is 1. The minimum absolute atomic E-state index is 0.282. The average Bonchev–Trinajstić information content (AvgIpc) is 3.17. The normalized spacial score (nSPS) is 14.7. The molecule has 1 heterocycles. The highest BCUT2D eigenvalue weighted by molar-refractivity contribution is 5.99. The number of aromatic nitrogens is 2. The van der Waals surface area contributed by atoms with E-state index in [1.165, 1.54) is 29.9 Å². The third-order valence-electron chi connectivity index (χ3n) is 5.94. The first-order chi connectivity index (χ1) is 14.6. The molecule has 4 rings (SSSR count). The molecule has 1 amide bonds. The Balaban J connectivity index is 1.79. The van der Waals surface area contributed by atoms with E-state index < -0.39 is 5.97 Å². The second-order valence-corrected chi connectivity index (χ2v) is 7.91. The molecule has 6 heteroatoms. The molecule has 3 aromatic rings. The molecule has 2 aromatic carbocycles. The highest BCUT2D eigenvalue weighted by atomic mass is 16.4. The van der Waals surface area contributed by atoms with Crippen molar-refractivity contribution in [3.05, 3.63) is 59.8 Å². The Hall–Kier alpha value is -3.15. The summed E-state index contributed by atoms with van der Waals surface area (Å²) in [6, 6.07) is 15.7. The van der Waals surface area contributed by atoms with E-state index in [4.69, 9.17) is 10.2 Å². The second kappa shape index (κ2) is 8.69. The van der Waals surface area contributed by atoms with Crippen LogP contribution in [-0.2, 0) is 4.79 Å². The van der Waals surface area contributed by atoms with E-state index in [1.54, 1.807) is 19.1 Å². The Kier molecular flexibility index (Phi) is 5.84. The van der Waals surface area contributed by atoms with E-state index >= 15 is 0 Å². The summed E-state index contributed by atoms with van der Waals surface area (Å²) in [7, 11) is 0. The first-order valence-electron chi connectivity index (χ1n) is 10.7.